The Morgan fingerprint density at radius 1 is 1.03 bits per heavy atom. The molecule has 1 amide bonds. The van der Waals surface area contributed by atoms with Gasteiger partial charge in [0.05, 0.1) is 0 Å². The van der Waals surface area contributed by atoms with Crippen LogP contribution >= 0.6 is 0 Å². The molecule has 0 radical (unpaired) electrons. The van der Waals surface area contributed by atoms with Crippen molar-refractivity contribution in [2.24, 2.45) is 0 Å². The Hall–Kier alpha value is -3.02. The van der Waals surface area contributed by atoms with Gasteiger partial charge in [-0.25, -0.2) is 0 Å². The first-order valence-electron chi connectivity index (χ1n) is 10.2. The number of nitrogens with one attached hydrogen (secondary N) is 1. The van der Waals surface area contributed by atoms with Gasteiger partial charge in [-0.05, 0) is 47.6 Å². The molecule has 0 spiro atoms. The van der Waals surface area contributed by atoms with Crippen molar-refractivity contribution in [1.29, 1.82) is 0 Å². The number of hydrogen-bond acceptors (Lipinski definition) is 4. The van der Waals surface area contributed by atoms with E-state index in [1.54, 1.807) is 6.92 Å². The summed E-state index contributed by atoms with van der Waals surface area (Å²) in [5.74, 6) is 1.18. The molecule has 1 heterocycles. The van der Waals surface area contributed by atoms with E-state index < -0.39 is 6.04 Å². The lowest BCUT2D eigenvalue weighted by atomic mass is 9.97. The van der Waals surface area contributed by atoms with E-state index in [2.05, 4.69) is 66.6 Å². The molecule has 0 aliphatic rings. The first-order chi connectivity index (χ1) is 13.9. The van der Waals surface area contributed by atoms with E-state index in [0.29, 0.717) is 17.7 Å². The molecule has 0 bridgehead atoms. The Bertz CT molecular complexity index is 961. The lowest BCUT2D eigenvalue weighted by Gasteiger charge is -2.17. The Balaban J connectivity index is 1.74. The van der Waals surface area contributed by atoms with Crippen LogP contribution in [-0.4, -0.2) is 26.1 Å². The predicted molar refractivity (Wildman–Crippen MR) is 116 cm³/mol. The summed E-state index contributed by atoms with van der Waals surface area (Å²) in [6.45, 7) is 10.4. The molecule has 0 saturated heterocycles. The second kappa shape index (κ2) is 8.99. The molecule has 2 aromatic carbocycles. The second-order valence-electron chi connectivity index (χ2n) is 7.77. The number of carbonyl (C=O) groups is 1. The number of benzene rings is 2. The van der Waals surface area contributed by atoms with E-state index in [1.165, 1.54) is 10.4 Å². The highest BCUT2D eigenvalue weighted by atomic mass is 16.2. The first-order valence-corrected chi connectivity index (χ1v) is 10.2. The SMILES string of the molecule is CC[C@H](C)c1ccccc1NC(=O)[C@H](C)n1nnc(-c2ccc(C(C)C)cc2)n1. The topological polar surface area (TPSA) is 72.7 Å². The van der Waals surface area contributed by atoms with Crippen LogP contribution in [0.1, 0.15) is 70.0 Å². The number of rotatable bonds is 7. The van der Waals surface area contributed by atoms with Gasteiger partial charge >= 0.3 is 0 Å². The fourth-order valence-electron chi connectivity index (χ4n) is 3.12. The van der Waals surface area contributed by atoms with Crippen molar-refractivity contribution in [1.82, 2.24) is 20.2 Å². The highest BCUT2D eigenvalue weighted by molar-refractivity contribution is 5.94. The average Bonchev–Trinajstić information content (AvgIpc) is 3.23. The van der Waals surface area contributed by atoms with Crippen molar-refractivity contribution in [2.75, 3.05) is 5.32 Å². The van der Waals surface area contributed by atoms with Crippen LogP contribution in [0, 0.1) is 0 Å². The average molecular weight is 392 g/mol. The van der Waals surface area contributed by atoms with Crippen molar-refractivity contribution in [3.63, 3.8) is 0 Å². The van der Waals surface area contributed by atoms with Crippen LogP contribution in [0.25, 0.3) is 11.4 Å². The fraction of sp³-hybridized carbons (Fsp3) is 0.391. The van der Waals surface area contributed by atoms with Crippen LogP contribution in [0.3, 0.4) is 0 Å². The third-order valence-electron chi connectivity index (χ3n) is 5.35. The number of tetrazole rings is 1. The lowest BCUT2D eigenvalue weighted by Crippen LogP contribution is -2.26. The summed E-state index contributed by atoms with van der Waals surface area (Å²) in [7, 11) is 0. The Labute approximate surface area is 172 Å². The van der Waals surface area contributed by atoms with E-state index in [4.69, 9.17) is 0 Å². The minimum atomic E-state index is -0.573. The summed E-state index contributed by atoms with van der Waals surface area (Å²) in [6, 6.07) is 15.5. The predicted octanol–water partition coefficient (Wildman–Crippen LogP) is 5.18. The number of anilines is 1. The molecule has 6 heteroatoms. The van der Waals surface area contributed by atoms with Crippen LogP contribution in [0.15, 0.2) is 48.5 Å². The zero-order valence-corrected chi connectivity index (χ0v) is 17.8. The zero-order chi connectivity index (χ0) is 21.0. The van der Waals surface area contributed by atoms with Gasteiger partial charge in [-0.3, -0.25) is 4.79 Å². The highest BCUT2D eigenvalue weighted by Crippen LogP contribution is 2.27. The molecule has 29 heavy (non-hydrogen) atoms. The van der Waals surface area contributed by atoms with E-state index in [1.807, 2.05) is 30.3 Å². The van der Waals surface area contributed by atoms with Gasteiger partial charge < -0.3 is 5.32 Å². The molecule has 2 atom stereocenters. The standard InChI is InChI=1S/C23H29N5O/c1-6-16(4)20-9-7-8-10-21(20)24-23(29)17(5)28-26-22(25-27-28)19-13-11-18(12-14-19)15(2)3/h7-17H,6H2,1-5H3,(H,24,29)/t16-,17-/m0/s1. The summed E-state index contributed by atoms with van der Waals surface area (Å²) < 4.78 is 0. The van der Waals surface area contributed by atoms with E-state index in [9.17, 15) is 4.79 Å². The third-order valence-corrected chi connectivity index (χ3v) is 5.35. The molecular weight excluding hydrogens is 362 g/mol. The molecule has 152 valence electrons. The summed E-state index contributed by atoms with van der Waals surface area (Å²) in [4.78, 5) is 14.2. The largest absolute Gasteiger partial charge is 0.324 e. The maximum atomic E-state index is 12.8. The summed E-state index contributed by atoms with van der Waals surface area (Å²) in [5, 5.41) is 15.7. The minimum Gasteiger partial charge on any atom is -0.324 e. The summed E-state index contributed by atoms with van der Waals surface area (Å²) in [6.07, 6.45) is 1.01. The summed E-state index contributed by atoms with van der Waals surface area (Å²) >= 11 is 0. The van der Waals surface area contributed by atoms with Gasteiger partial charge in [0, 0.05) is 11.3 Å². The molecule has 0 aliphatic heterocycles. The molecule has 0 aliphatic carbocycles. The zero-order valence-electron chi connectivity index (χ0n) is 17.8. The highest BCUT2D eigenvalue weighted by Gasteiger charge is 2.20. The molecule has 3 rings (SSSR count). The van der Waals surface area contributed by atoms with Gasteiger partial charge in [0.25, 0.3) is 5.91 Å². The molecule has 0 unspecified atom stereocenters. The van der Waals surface area contributed by atoms with Crippen LogP contribution in [0.2, 0.25) is 0 Å². The first kappa shape index (κ1) is 20.7. The van der Waals surface area contributed by atoms with Crippen LogP contribution in [-0.2, 0) is 4.79 Å². The molecule has 0 fully saturated rings. The van der Waals surface area contributed by atoms with E-state index in [-0.39, 0.29) is 5.91 Å². The fourth-order valence-corrected chi connectivity index (χ4v) is 3.12. The molecule has 3 aromatic rings. The van der Waals surface area contributed by atoms with Crippen LogP contribution in [0.4, 0.5) is 5.69 Å². The molecule has 6 nitrogen and oxygen atoms in total. The normalized spacial score (nSPS) is 13.3. The van der Waals surface area contributed by atoms with E-state index in [0.717, 1.165) is 23.2 Å². The Morgan fingerprint density at radius 3 is 2.38 bits per heavy atom. The number of hydrogen-bond donors (Lipinski definition) is 1. The van der Waals surface area contributed by atoms with Crippen molar-refractivity contribution in [3.05, 3.63) is 59.7 Å². The lowest BCUT2D eigenvalue weighted by molar-refractivity contribution is -0.119. The van der Waals surface area contributed by atoms with Gasteiger partial charge in [-0.2, -0.15) is 4.80 Å². The van der Waals surface area contributed by atoms with Gasteiger partial charge in [-0.1, -0.05) is 70.2 Å². The van der Waals surface area contributed by atoms with Gasteiger partial charge in [0.1, 0.15) is 6.04 Å². The number of carbonyl (C=O) groups excluding carboxylic acids is 1. The maximum Gasteiger partial charge on any atom is 0.250 e. The number of aromatic nitrogens is 4. The Morgan fingerprint density at radius 2 is 1.72 bits per heavy atom. The van der Waals surface area contributed by atoms with Crippen LogP contribution < -0.4 is 5.32 Å². The quantitative estimate of drug-likeness (QED) is 0.602. The van der Waals surface area contributed by atoms with Crippen molar-refractivity contribution < 1.29 is 4.79 Å². The second-order valence-corrected chi connectivity index (χ2v) is 7.77. The third kappa shape index (κ3) is 4.70. The molecule has 0 saturated carbocycles. The monoisotopic (exact) mass is 391 g/mol. The number of nitrogens with zero attached hydrogens (tertiary/aromatic N) is 4. The van der Waals surface area contributed by atoms with E-state index >= 15 is 0 Å². The summed E-state index contributed by atoms with van der Waals surface area (Å²) in [5.41, 5.74) is 4.11. The van der Waals surface area contributed by atoms with Crippen molar-refractivity contribution >= 4 is 11.6 Å². The maximum absolute atomic E-state index is 12.8. The smallest absolute Gasteiger partial charge is 0.250 e. The Kier molecular flexibility index (Phi) is 6.42. The minimum absolute atomic E-state index is 0.167. The molecule has 1 N–H and O–H groups in total. The molecular formula is C23H29N5O. The van der Waals surface area contributed by atoms with Crippen LogP contribution in [0.5, 0.6) is 0 Å². The van der Waals surface area contributed by atoms with Gasteiger partial charge in [-0.15, -0.1) is 10.2 Å². The van der Waals surface area contributed by atoms with Gasteiger partial charge in [0.2, 0.25) is 5.82 Å². The van der Waals surface area contributed by atoms with Crippen molar-refractivity contribution in [3.8, 4) is 11.4 Å². The van der Waals surface area contributed by atoms with Gasteiger partial charge in [0.15, 0.2) is 0 Å². The number of amides is 1. The molecule has 1 aromatic heterocycles. The van der Waals surface area contributed by atoms with Crippen molar-refractivity contribution in [2.45, 2.75) is 58.9 Å². The number of para-hydroxylation sites is 1.